The van der Waals surface area contributed by atoms with Gasteiger partial charge in [-0.05, 0) is 31.5 Å². The minimum atomic E-state index is -0.782. The van der Waals surface area contributed by atoms with Crippen molar-refractivity contribution in [3.05, 3.63) is 35.9 Å². The van der Waals surface area contributed by atoms with Crippen molar-refractivity contribution in [2.45, 2.75) is 31.9 Å². The highest BCUT2D eigenvalue weighted by Gasteiger charge is 2.26. The molecule has 0 unspecified atom stereocenters. The molecule has 1 aliphatic heterocycles. The number of piperidine rings is 1. The Hall–Kier alpha value is -1.39. The minimum absolute atomic E-state index is 0.254. The Balaban J connectivity index is 1.82. The zero-order valence-corrected chi connectivity index (χ0v) is 11.1. The van der Waals surface area contributed by atoms with Gasteiger partial charge in [0.15, 0.2) is 0 Å². The molecular weight excluding hydrogens is 242 g/mol. The predicted molar refractivity (Wildman–Crippen MR) is 72.9 cm³/mol. The third-order valence-electron chi connectivity index (χ3n) is 3.50. The van der Waals surface area contributed by atoms with Gasteiger partial charge in [-0.2, -0.15) is 0 Å². The van der Waals surface area contributed by atoms with Gasteiger partial charge in [-0.15, -0.1) is 0 Å². The van der Waals surface area contributed by atoms with Gasteiger partial charge in [-0.3, -0.25) is 9.69 Å². The Morgan fingerprint density at radius 3 is 2.53 bits per heavy atom. The summed E-state index contributed by atoms with van der Waals surface area (Å²) >= 11 is 0. The van der Waals surface area contributed by atoms with E-state index >= 15 is 0 Å². The summed E-state index contributed by atoms with van der Waals surface area (Å²) in [7, 11) is 0. The Bertz CT molecular complexity index is 388. The number of nitrogens with zero attached hydrogens (tertiary/aromatic N) is 1. The van der Waals surface area contributed by atoms with Crippen LogP contribution in [0, 0.1) is 0 Å². The second-order valence-electron chi connectivity index (χ2n) is 4.95. The first kappa shape index (κ1) is 14.0. The Labute approximate surface area is 114 Å². The number of carboxylic acids is 1. The molecule has 1 atom stereocenters. The number of hydrogen-bond acceptors (Lipinski definition) is 3. The Morgan fingerprint density at radius 1 is 1.21 bits per heavy atom. The summed E-state index contributed by atoms with van der Waals surface area (Å²) in [6.45, 7) is 2.46. The lowest BCUT2D eigenvalue weighted by Gasteiger charge is -2.31. The maximum Gasteiger partial charge on any atom is 0.323 e. The van der Waals surface area contributed by atoms with Crippen molar-refractivity contribution in [3.63, 3.8) is 0 Å². The zero-order chi connectivity index (χ0) is 13.5. The number of carbonyl (C=O) groups is 1. The van der Waals surface area contributed by atoms with E-state index in [1.807, 2.05) is 35.2 Å². The third-order valence-corrected chi connectivity index (χ3v) is 3.50. The van der Waals surface area contributed by atoms with Gasteiger partial charge in [0.1, 0.15) is 6.04 Å². The van der Waals surface area contributed by atoms with Gasteiger partial charge in [0.25, 0.3) is 0 Å². The fourth-order valence-electron chi connectivity index (χ4n) is 2.43. The molecule has 4 heteroatoms. The number of aliphatic carboxylic acids is 1. The van der Waals surface area contributed by atoms with E-state index in [9.17, 15) is 9.90 Å². The molecule has 1 heterocycles. The molecule has 0 aromatic heterocycles. The van der Waals surface area contributed by atoms with Crippen LogP contribution in [0.2, 0.25) is 0 Å². The topological polar surface area (TPSA) is 49.8 Å². The van der Waals surface area contributed by atoms with Crippen molar-refractivity contribution in [2.75, 3.05) is 19.7 Å². The molecule has 0 amide bonds. The molecule has 2 rings (SSSR count). The number of rotatable bonds is 6. The number of benzene rings is 1. The lowest BCUT2D eigenvalue weighted by atomic mass is 10.1. The normalized spacial score (nSPS) is 18.1. The smallest absolute Gasteiger partial charge is 0.323 e. The maximum atomic E-state index is 11.3. The molecule has 0 aliphatic carbocycles. The van der Waals surface area contributed by atoms with Crippen molar-refractivity contribution >= 4 is 5.97 Å². The van der Waals surface area contributed by atoms with Crippen molar-refractivity contribution in [1.29, 1.82) is 0 Å². The quantitative estimate of drug-likeness (QED) is 0.854. The summed E-state index contributed by atoms with van der Waals surface area (Å²) in [5.74, 6) is -0.782. The van der Waals surface area contributed by atoms with E-state index in [-0.39, 0.29) is 6.61 Å². The van der Waals surface area contributed by atoms with E-state index in [0.29, 0.717) is 6.61 Å². The lowest BCUT2D eigenvalue weighted by molar-refractivity contribution is -0.146. The average molecular weight is 263 g/mol. The molecule has 0 saturated carbocycles. The zero-order valence-electron chi connectivity index (χ0n) is 11.1. The molecule has 1 aliphatic rings. The van der Waals surface area contributed by atoms with Crippen molar-refractivity contribution in [3.8, 4) is 0 Å². The summed E-state index contributed by atoms with van der Waals surface area (Å²) in [6.07, 6.45) is 3.37. The van der Waals surface area contributed by atoms with Gasteiger partial charge in [0.2, 0.25) is 0 Å². The van der Waals surface area contributed by atoms with Gasteiger partial charge in [-0.25, -0.2) is 0 Å². The molecule has 1 aromatic rings. The fourth-order valence-corrected chi connectivity index (χ4v) is 2.43. The van der Waals surface area contributed by atoms with Crippen LogP contribution in [0.4, 0.5) is 0 Å². The fraction of sp³-hybridized carbons (Fsp3) is 0.533. The van der Waals surface area contributed by atoms with Crippen molar-refractivity contribution < 1.29 is 14.6 Å². The molecule has 1 aromatic carbocycles. The average Bonchev–Trinajstić information content (AvgIpc) is 2.45. The highest BCUT2D eigenvalue weighted by atomic mass is 16.5. The molecule has 104 valence electrons. The Kier molecular flexibility index (Phi) is 5.36. The maximum absolute atomic E-state index is 11.3. The SMILES string of the molecule is O=C(O)[C@H](COCc1ccccc1)N1CCCCC1. The minimum Gasteiger partial charge on any atom is -0.480 e. The van der Waals surface area contributed by atoms with Crippen LogP contribution in [0.1, 0.15) is 24.8 Å². The largest absolute Gasteiger partial charge is 0.480 e. The Morgan fingerprint density at radius 2 is 1.89 bits per heavy atom. The van der Waals surface area contributed by atoms with E-state index in [4.69, 9.17) is 4.74 Å². The summed E-state index contributed by atoms with van der Waals surface area (Å²) in [5.41, 5.74) is 1.07. The van der Waals surface area contributed by atoms with Crippen LogP contribution in [0.15, 0.2) is 30.3 Å². The van der Waals surface area contributed by atoms with Crippen LogP contribution in [-0.4, -0.2) is 41.7 Å². The number of hydrogen-bond donors (Lipinski definition) is 1. The van der Waals surface area contributed by atoms with Gasteiger partial charge in [0, 0.05) is 0 Å². The van der Waals surface area contributed by atoms with Crippen LogP contribution in [0.3, 0.4) is 0 Å². The van der Waals surface area contributed by atoms with Crippen LogP contribution < -0.4 is 0 Å². The summed E-state index contributed by atoms with van der Waals surface area (Å²) in [6, 6.07) is 9.32. The lowest BCUT2D eigenvalue weighted by Crippen LogP contribution is -2.46. The van der Waals surface area contributed by atoms with Crippen molar-refractivity contribution in [1.82, 2.24) is 4.90 Å². The van der Waals surface area contributed by atoms with E-state index in [1.54, 1.807) is 0 Å². The molecule has 1 fully saturated rings. The van der Waals surface area contributed by atoms with Crippen LogP contribution in [-0.2, 0) is 16.1 Å². The first-order valence-corrected chi connectivity index (χ1v) is 6.86. The molecule has 19 heavy (non-hydrogen) atoms. The molecule has 0 spiro atoms. The molecular formula is C15H21NO3. The second kappa shape index (κ2) is 7.26. The van der Waals surface area contributed by atoms with Crippen molar-refractivity contribution in [2.24, 2.45) is 0 Å². The van der Waals surface area contributed by atoms with E-state index < -0.39 is 12.0 Å². The highest BCUT2D eigenvalue weighted by Crippen LogP contribution is 2.13. The molecule has 4 nitrogen and oxygen atoms in total. The summed E-state index contributed by atoms with van der Waals surface area (Å²) < 4.78 is 5.57. The summed E-state index contributed by atoms with van der Waals surface area (Å²) in [5, 5.41) is 9.30. The number of carboxylic acid groups (broad SMARTS) is 1. The first-order chi connectivity index (χ1) is 9.27. The van der Waals surface area contributed by atoms with E-state index in [2.05, 4.69) is 0 Å². The molecule has 1 saturated heterocycles. The van der Waals surface area contributed by atoms with Gasteiger partial charge >= 0.3 is 5.97 Å². The monoisotopic (exact) mass is 263 g/mol. The first-order valence-electron chi connectivity index (χ1n) is 6.86. The second-order valence-corrected chi connectivity index (χ2v) is 4.95. The third kappa shape index (κ3) is 4.33. The van der Waals surface area contributed by atoms with Gasteiger partial charge in [-0.1, -0.05) is 36.8 Å². The highest BCUT2D eigenvalue weighted by molar-refractivity contribution is 5.73. The number of likely N-dealkylation sites (tertiary alicyclic amines) is 1. The molecule has 0 radical (unpaired) electrons. The van der Waals surface area contributed by atoms with Crippen LogP contribution in [0.5, 0.6) is 0 Å². The van der Waals surface area contributed by atoms with Crippen LogP contribution in [0.25, 0.3) is 0 Å². The predicted octanol–water partition coefficient (Wildman–Crippen LogP) is 2.14. The van der Waals surface area contributed by atoms with E-state index in [0.717, 1.165) is 31.5 Å². The summed E-state index contributed by atoms with van der Waals surface area (Å²) in [4.78, 5) is 13.3. The molecule has 0 bridgehead atoms. The van der Waals surface area contributed by atoms with Gasteiger partial charge < -0.3 is 9.84 Å². The number of ether oxygens (including phenoxy) is 1. The molecule has 1 N–H and O–H groups in total. The van der Waals surface area contributed by atoms with E-state index in [1.165, 1.54) is 6.42 Å². The van der Waals surface area contributed by atoms with Crippen LogP contribution >= 0.6 is 0 Å². The standard InChI is InChI=1S/C15H21NO3/c17-15(18)14(16-9-5-2-6-10-16)12-19-11-13-7-3-1-4-8-13/h1,3-4,7-8,14H,2,5-6,9-12H2,(H,17,18)/t14-/m0/s1. The van der Waals surface area contributed by atoms with Gasteiger partial charge in [0.05, 0.1) is 13.2 Å².